The number of rotatable bonds is 3. The molecule has 0 amide bonds. The molecule has 1 aromatic rings. The molecule has 2 atom stereocenters. The Morgan fingerprint density at radius 2 is 1.72 bits per heavy atom. The van der Waals surface area contributed by atoms with Gasteiger partial charge in [0.25, 0.3) is 0 Å². The average Bonchev–Trinajstić information content (AvgIpc) is 2.79. The monoisotopic (exact) mass is 240 g/mol. The first-order chi connectivity index (χ1) is 8.84. The fourth-order valence-electron chi connectivity index (χ4n) is 4.09. The average molecular weight is 240 g/mol. The third kappa shape index (κ3) is 1.56. The highest BCUT2D eigenvalue weighted by Gasteiger charge is 2.56. The van der Waals surface area contributed by atoms with Crippen LogP contribution in [0.5, 0.6) is 0 Å². The molecule has 3 aliphatic rings. The molecule has 3 saturated carbocycles. The largest absolute Gasteiger partial charge is 0.294 e. The van der Waals surface area contributed by atoms with Gasteiger partial charge in [0.2, 0.25) is 0 Å². The van der Waals surface area contributed by atoms with Crippen LogP contribution < -0.4 is 0 Å². The third-order valence-corrected chi connectivity index (χ3v) is 5.46. The van der Waals surface area contributed by atoms with Crippen LogP contribution in [0, 0.1) is 17.8 Å². The smallest absolute Gasteiger partial charge is 0.166 e. The second-order valence-corrected chi connectivity index (χ2v) is 6.40. The van der Waals surface area contributed by atoms with Crippen molar-refractivity contribution >= 4 is 5.78 Å². The normalized spacial score (nSPS) is 33.9. The highest BCUT2D eigenvalue weighted by molar-refractivity contribution is 6.00. The molecule has 0 bridgehead atoms. The number of carbonyl (C=O) groups is 1. The van der Waals surface area contributed by atoms with Crippen LogP contribution in [0.4, 0.5) is 0 Å². The summed E-state index contributed by atoms with van der Waals surface area (Å²) in [7, 11) is 0. The van der Waals surface area contributed by atoms with E-state index in [0.29, 0.717) is 11.7 Å². The summed E-state index contributed by atoms with van der Waals surface area (Å²) in [5, 5.41) is 0. The fraction of sp³-hybridized carbons (Fsp3) is 0.588. The third-order valence-electron chi connectivity index (χ3n) is 5.46. The lowest BCUT2D eigenvalue weighted by molar-refractivity contribution is 0.0951. The van der Waals surface area contributed by atoms with Gasteiger partial charge in [0.15, 0.2) is 5.78 Å². The van der Waals surface area contributed by atoms with Crippen LogP contribution in [0.1, 0.15) is 60.4 Å². The maximum Gasteiger partial charge on any atom is 0.166 e. The molecular weight excluding hydrogens is 220 g/mol. The molecule has 3 aliphatic carbocycles. The van der Waals surface area contributed by atoms with Gasteiger partial charge in [-0.3, -0.25) is 4.79 Å². The van der Waals surface area contributed by atoms with Crippen LogP contribution in [0.25, 0.3) is 0 Å². The van der Waals surface area contributed by atoms with Crippen molar-refractivity contribution in [1.82, 2.24) is 0 Å². The van der Waals surface area contributed by atoms with E-state index in [-0.39, 0.29) is 0 Å². The molecule has 1 aromatic carbocycles. The Hall–Kier alpha value is -1.11. The summed E-state index contributed by atoms with van der Waals surface area (Å²) >= 11 is 0. The van der Waals surface area contributed by atoms with Crippen LogP contribution in [0.3, 0.4) is 0 Å². The zero-order chi connectivity index (χ0) is 12.1. The Balaban J connectivity index is 1.55. The van der Waals surface area contributed by atoms with E-state index in [9.17, 15) is 4.79 Å². The lowest BCUT2D eigenvalue weighted by atomic mass is 9.79. The number of hydrogen-bond donors (Lipinski definition) is 0. The first-order valence-electron chi connectivity index (χ1n) is 7.49. The number of benzene rings is 1. The van der Waals surface area contributed by atoms with Gasteiger partial charge in [-0.1, -0.05) is 31.0 Å². The highest BCUT2D eigenvalue weighted by Crippen LogP contribution is 2.58. The number of hydrogen-bond acceptors (Lipinski definition) is 1. The molecule has 4 rings (SSSR count). The van der Waals surface area contributed by atoms with Crippen LogP contribution in [-0.4, -0.2) is 5.78 Å². The SMILES string of the molecule is O=C(c1cccc(C2CCC2)c1)C1C2CCCC21. The first kappa shape index (κ1) is 10.8. The van der Waals surface area contributed by atoms with Crippen molar-refractivity contribution in [3.63, 3.8) is 0 Å². The molecule has 0 radical (unpaired) electrons. The van der Waals surface area contributed by atoms with Gasteiger partial charge in [-0.2, -0.15) is 0 Å². The number of carbonyl (C=O) groups excluding carboxylic acids is 1. The predicted molar refractivity (Wildman–Crippen MR) is 71.7 cm³/mol. The Bertz CT molecular complexity index is 476. The van der Waals surface area contributed by atoms with E-state index < -0.39 is 0 Å². The van der Waals surface area contributed by atoms with Gasteiger partial charge in [-0.25, -0.2) is 0 Å². The molecule has 18 heavy (non-hydrogen) atoms. The second-order valence-electron chi connectivity index (χ2n) is 6.40. The summed E-state index contributed by atoms with van der Waals surface area (Å²) < 4.78 is 0. The Kier molecular flexibility index (Phi) is 2.36. The van der Waals surface area contributed by atoms with Gasteiger partial charge in [-0.15, -0.1) is 0 Å². The van der Waals surface area contributed by atoms with Crippen molar-refractivity contribution in [1.29, 1.82) is 0 Å². The lowest BCUT2D eigenvalue weighted by Gasteiger charge is -2.26. The zero-order valence-electron chi connectivity index (χ0n) is 10.8. The van der Waals surface area contributed by atoms with Crippen molar-refractivity contribution in [3.05, 3.63) is 35.4 Å². The molecule has 1 nitrogen and oxygen atoms in total. The standard InChI is InChI=1S/C17H20O/c18-17(16-14-8-3-9-15(14)16)13-7-2-6-12(10-13)11-4-1-5-11/h2,6-7,10-11,14-16H,1,3-5,8-9H2. The molecule has 0 aromatic heterocycles. The highest BCUT2D eigenvalue weighted by atomic mass is 16.1. The molecule has 3 fully saturated rings. The molecule has 94 valence electrons. The van der Waals surface area contributed by atoms with Gasteiger partial charge < -0.3 is 0 Å². The van der Waals surface area contributed by atoms with E-state index in [4.69, 9.17) is 0 Å². The first-order valence-corrected chi connectivity index (χ1v) is 7.49. The molecule has 1 heteroatoms. The van der Waals surface area contributed by atoms with Crippen molar-refractivity contribution in [3.8, 4) is 0 Å². The van der Waals surface area contributed by atoms with E-state index in [1.165, 1.54) is 44.1 Å². The van der Waals surface area contributed by atoms with Crippen LogP contribution in [-0.2, 0) is 0 Å². The van der Waals surface area contributed by atoms with Crippen LogP contribution >= 0.6 is 0 Å². The zero-order valence-corrected chi connectivity index (χ0v) is 10.8. The van der Waals surface area contributed by atoms with Crippen molar-refractivity contribution in [2.24, 2.45) is 17.8 Å². The Labute approximate surface area is 109 Å². The molecular formula is C17H20O. The minimum Gasteiger partial charge on any atom is -0.294 e. The number of Topliss-reactive ketones (excluding diaryl/α,β-unsaturated/α-hetero) is 1. The topological polar surface area (TPSA) is 17.1 Å². The molecule has 0 aliphatic heterocycles. The molecule has 0 spiro atoms. The maximum absolute atomic E-state index is 12.5. The lowest BCUT2D eigenvalue weighted by Crippen LogP contribution is -2.11. The van der Waals surface area contributed by atoms with Crippen molar-refractivity contribution in [2.45, 2.75) is 44.4 Å². The minimum absolute atomic E-state index is 0.385. The fourth-order valence-corrected chi connectivity index (χ4v) is 4.09. The number of ketones is 1. The molecule has 0 N–H and O–H groups in total. The second kappa shape index (κ2) is 3.94. The van der Waals surface area contributed by atoms with E-state index >= 15 is 0 Å². The van der Waals surface area contributed by atoms with Gasteiger partial charge in [-0.05, 0) is 55.1 Å². The van der Waals surface area contributed by atoms with Crippen LogP contribution in [0.2, 0.25) is 0 Å². The van der Waals surface area contributed by atoms with Gasteiger partial charge in [0.1, 0.15) is 0 Å². The van der Waals surface area contributed by atoms with Crippen molar-refractivity contribution in [2.75, 3.05) is 0 Å². The summed E-state index contributed by atoms with van der Waals surface area (Å²) in [6, 6.07) is 8.49. The van der Waals surface area contributed by atoms with E-state index in [0.717, 1.165) is 23.3 Å². The van der Waals surface area contributed by atoms with Gasteiger partial charge in [0, 0.05) is 11.5 Å². The summed E-state index contributed by atoms with van der Waals surface area (Å²) in [6.07, 6.45) is 7.92. The summed E-state index contributed by atoms with van der Waals surface area (Å²) in [5.41, 5.74) is 2.39. The summed E-state index contributed by atoms with van der Waals surface area (Å²) in [5.74, 6) is 3.03. The van der Waals surface area contributed by atoms with E-state index in [2.05, 4.69) is 18.2 Å². The molecule has 0 saturated heterocycles. The Morgan fingerprint density at radius 1 is 1.00 bits per heavy atom. The summed E-state index contributed by atoms with van der Waals surface area (Å²) in [4.78, 5) is 12.5. The molecule has 0 heterocycles. The predicted octanol–water partition coefficient (Wildman–Crippen LogP) is 4.18. The molecule has 2 unspecified atom stereocenters. The van der Waals surface area contributed by atoms with Crippen LogP contribution in [0.15, 0.2) is 24.3 Å². The Morgan fingerprint density at radius 3 is 2.39 bits per heavy atom. The van der Waals surface area contributed by atoms with Gasteiger partial charge >= 0.3 is 0 Å². The van der Waals surface area contributed by atoms with E-state index in [1.54, 1.807) is 0 Å². The summed E-state index contributed by atoms with van der Waals surface area (Å²) in [6.45, 7) is 0. The van der Waals surface area contributed by atoms with Gasteiger partial charge in [0.05, 0.1) is 0 Å². The quantitative estimate of drug-likeness (QED) is 0.724. The maximum atomic E-state index is 12.5. The minimum atomic E-state index is 0.385. The number of fused-ring (bicyclic) bond motifs is 1. The van der Waals surface area contributed by atoms with Crippen molar-refractivity contribution < 1.29 is 4.79 Å². The van der Waals surface area contributed by atoms with E-state index in [1.807, 2.05) is 6.07 Å².